The third-order valence-electron chi connectivity index (χ3n) is 3.49. The molecule has 8 heteroatoms. The van der Waals surface area contributed by atoms with Gasteiger partial charge < -0.3 is 20.1 Å². The van der Waals surface area contributed by atoms with Gasteiger partial charge in [0.15, 0.2) is 0 Å². The van der Waals surface area contributed by atoms with E-state index in [4.69, 9.17) is 9.84 Å². The zero-order valence-corrected chi connectivity index (χ0v) is 14.3. The number of urea groups is 1. The highest BCUT2D eigenvalue weighted by Gasteiger charge is 2.19. The Morgan fingerprint density at radius 2 is 2.08 bits per heavy atom. The first kappa shape index (κ1) is 17.7. The molecule has 128 valence electrons. The average Bonchev–Trinajstić information content (AvgIpc) is 2.99. The fourth-order valence-corrected chi connectivity index (χ4v) is 3.19. The molecule has 0 radical (unpaired) electrons. The van der Waals surface area contributed by atoms with Crippen molar-refractivity contribution in [2.24, 2.45) is 5.92 Å². The predicted molar refractivity (Wildman–Crippen MR) is 91.6 cm³/mol. The van der Waals surface area contributed by atoms with Crippen LogP contribution in [0.4, 0.5) is 10.5 Å². The van der Waals surface area contributed by atoms with Crippen molar-refractivity contribution in [1.82, 2.24) is 4.90 Å². The Kier molecular flexibility index (Phi) is 5.40. The molecule has 1 heterocycles. The summed E-state index contributed by atoms with van der Waals surface area (Å²) < 4.78 is 5.47. The topological polar surface area (TPSA) is 95.9 Å². The number of nitrogens with one attached hydrogen (secondary N) is 1. The van der Waals surface area contributed by atoms with E-state index in [0.717, 1.165) is 10.1 Å². The molecule has 0 saturated carbocycles. The van der Waals surface area contributed by atoms with Crippen molar-refractivity contribution in [1.29, 1.82) is 0 Å². The van der Waals surface area contributed by atoms with Crippen molar-refractivity contribution in [3.8, 4) is 0 Å². The van der Waals surface area contributed by atoms with E-state index in [1.807, 2.05) is 6.07 Å². The fourth-order valence-electron chi connectivity index (χ4n) is 2.15. The van der Waals surface area contributed by atoms with Gasteiger partial charge in [0.25, 0.3) is 0 Å². The van der Waals surface area contributed by atoms with Gasteiger partial charge in [-0.25, -0.2) is 9.59 Å². The molecule has 0 aliphatic carbocycles. The second-order valence-corrected chi connectivity index (χ2v) is 6.43. The number of amides is 2. The predicted octanol–water partition coefficient (Wildman–Crippen LogP) is 2.87. The van der Waals surface area contributed by atoms with Crippen molar-refractivity contribution in [2.45, 2.75) is 6.92 Å². The van der Waals surface area contributed by atoms with Crippen molar-refractivity contribution < 1.29 is 24.2 Å². The van der Waals surface area contributed by atoms with Gasteiger partial charge in [-0.05, 0) is 17.5 Å². The molecular formula is C16H18N2O5S. The second-order valence-electron chi connectivity index (χ2n) is 5.38. The largest absolute Gasteiger partial charge is 0.481 e. The highest BCUT2D eigenvalue weighted by Crippen LogP contribution is 2.32. The molecule has 1 aromatic heterocycles. The molecule has 0 aliphatic heterocycles. The Balaban J connectivity index is 2.20. The number of aliphatic carboxylic acids is 1. The lowest BCUT2D eigenvalue weighted by atomic mass is 10.2. The van der Waals surface area contributed by atoms with E-state index in [0.29, 0.717) is 10.6 Å². The van der Waals surface area contributed by atoms with E-state index in [9.17, 15) is 14.4 Å². The van der Waals surface area contributed by atoms with Crippen LogP contribution in [0.15, 0.2) is 24.3 Å². The molecule has 1 aromatic carbocycles. The van der Waals surface area contributed by atoms with Gasteiger partial charge in [0, 0.05) is 13.6 Å². The summed E-state index contributed by atoms with van der Waals surface area (Å²) in [5.74, 6) is -2.05. The number of carboxylic acid groups (broad SMARTS) is 1. The van der Waals surface area contributed by atoms with Crippen LogP contribution in [0.3, 0.4) is 0 Å². The van der Waals surface area contributed by atoms with Crippen molar-refractivity contribution >= 4 is 45.1 Å². The Hall–Kier alpha value is -2.61. The minimum Gasteiger partial charge on any atom is -0.481 e. The van der Waals surface area contributed by atoms with E-state index >= 15 is 0 Å². The summed E-state index contributed by atoms with van der Waals surface area (Å²) >= 11 is 1.23. The maximum Gasteiger partial charge on any atom is 0.348 e. The van der Waals surface area contributed by atoms with E-state index < -0.39 is 23.9 Å². The van der Waals surface area contributed by atoms with Gasteiger partial charge >= 0.3 is 18.0 Å². The smallest absolute Gasteiger partial charge is 0.348 e. The van der Waals surface area contributed by atoms with Gasteiger partial charge in [-0.3, -0.25) is 4.79 Å². The summed E-state index contributed by atoms with van der Waals surface area (Å²) in [5, 5.41) is 12.5. The number of carboxylic acids is 1. The van der Waals surface area contributed by atoms with Gasteiger partial charge in [0.1, 0.15) is 4.88 Å². The van der Waals surface area contributed by atoms with Crippen LogP contribution in [0.5, 0.6) is 0 Å². The van der Waals surface area contributed by atoms with Crippen LogP contribution >= 0.6 is 11.3 Å². The number of rotatable bonds is 5. The number of ether oxygens (including phenoxy) is 1. The Morgan fingerprint density at radius 3 is 2.71 bits per heavy atom. The lowest BCUT2D eigenvalue weighted by Gasteiger charge is -2.20. The van der Waals surface area contributed by atoms with Crippen LogP contribution in [0, 0.1) is 5.92 Å². The molecule has 2 amide bonds. The lowest BCUT2D eigenvalue weighted by Crippen LogP contribution is -2.36. The zero-order chi connectivity index (χ0) is 17.9. The maximum atomic E-state index is 12.2. The zero-order valence-electron chi connectivity index (χ0n) is 13.5. The maximum absolute atomic E-state index is 12.2. The minimum absolute atomic E-state index is 0.0923. The van der Waals surface area contributed by atoms with Gasteiger partial charge in [-0.15, -0.1) is 11.3 Å². The number of thiophene rings is 1. The first-order valence-electron chi connectivity index (χ1n) is 7.19. The van der Waals surface area contributed by atoms with Crippen LogP contribution < -0.4 is 5.32 Å². The SMILES string of the molecule is COC(=O)c1cc2cccc(NC(=O)N(C)CC(C)C(=O)O)c2s1. The molecule has 0 bridgehead atoms. The van der Waals surface area contributed by atoms with Crippen LogP contribution in [0.2, 0.25) is 0 Å². The number of carbonyl (C=O) groups excluding carboxylic acids is 2. The number of methoxy groups -OCH3 is 1. The monoisotopic (exact) mass is 350 g/mol. The van der Waals surface area contributed by atoms with Crippen LogP contribution in [-0.2, 0) is 9.53 Å². The number of hydrogen-bond acceptors (Lipinski definition) is 5. The summed E-state index contributed by atoms with van der Waals surface area (Å²) in [5.41, 5.74) is 0.562. The third kappa shape index (κ3) is 3.83. The molecule has 0 spiro atoms. The number of hydrogen-bond donors (Lipinski definition) is 2. The van der Waals surface area contributed by atoms with Gasteiger partial charge in [-0.2, -0.15) is 0 Å². The summed E-state index contributed by atoms with van der Waals surface area (Å²) in [6.45, 7) is 1.63. The fraction of sp³-hybridized carbons (Fsp3) is 0.312. The van der Waals surface area contributed by atoms with Crippen molar-refractivity contribution in [2.75, 3.05) is 26.0 Å². The molecule has 0 fully saturated rings. The summed E-state index contributed by atoms with van der Waals surface area (Å²) in [6, 6.07) is 6.63. The lowest BCUT2D eigenvalue weighted by molar-refractivity contribution is -0.141. The first-order chi connectivity index (χ1) is 11.3. The van der Waals surface area contributed by atoms with Crippen LogP contribution in [-0.4, -0.2) is 48.7 Å². The van der Waals surface area contributed by atoms with E-state index in [-0.39, 0.29) is 6.54 Å². The molecule has 24 heavy (non-hydrogen) atoms. The summed E-state index contributed by atoms with van der Waals surface area (Å²) in [4.78, 5) is 36.5. The number of nitrogens with zero attached hydrogens (tertiary/aromatic N) is 1. The normalized spacial score (nSPS) is 11.8. The van der Waals surface area contributed by atoms with Gasteiger partial charge in [0.2, 0.25) is 0 Å². The third-order valence-corrected chi connectivity index (χ3v) is 4.65. The van der Waals surface area contributed by atoms with E-state index in [1.165, 1.54) is 37.3 Å². The van der Waals surface area contributed by atoms with E-state index in [2.05, 4.69) is 5.32 Å². The molecule has 7 nitrogen and oxygen atoms in total. The molecule has 2 N–H and O–H groups in total. The number of anilines is 1. The summed E-state index contributed by atoms with van der Waals surface area (Å²) in [7, 11) is 2.84. The summed E-state index contributed by atoms with van der Waals surface area (Å²) in [6.07, 6.45) is 0. The minimum atomic E-state index is -0.960. The number of carbonyl (C=O) groups is 3. The molecule has 2 rings (SSSR count). The van der Waals surface area contributed by atoms with Crippen molar-refractivity contribution in [3.05, 3.63) is 29.1 Å². The standard InChI is InChI=1S/C16H18N2O5S/c1-9(14(19)20)8-18(2)16(22)17-11-6-4-5-10-7-12(15(21)23-3)24-13(10)11/h4-7,9H,8H2,1-3H3,(H,17,22)(H,19,20). The Bertz CT molecular complexity index is 786. The highest BCUT2D eigenvalue weighted by atomic mass is 32.1. The molecule has 1 atom stereocenters. The van der Waals surface area contributed by atoms with Gasteiger partial charge in [0.05, 0.1) is 23.4 Å². The Morgan fingerprint density at radius 1 is 1.38 bits per heavy atom. The number of benzene rings is 1. The van der Waals surface area contributed by atoms with Gasteiger partial charge in [-0.1, -0.05) is 19.1 Å². The first-order valence-corrected chi connectivity index (χ1v) is 8.01. The van der Waals surface area contributed by atoms with Crippen molar-refractivity contribution in [3.63, 3.8) is 0 Å². The molecule has 2 aromatic rings. The number of fused-ring (bicyclic) bond motifs is 1. The van der Waals surface area contributed by atoms with E-state index in [1.54, 1.807) is 18.2 Å². The molecular weight excluding hydrogens is 332 g/mol. The molecule has 0 aliphatic rings. The quantitative estimate of drug-likeness (QED) is 0.808. The molecule has 0 saturated heterocycles. The number of esters is 1. The highest BCUT2D eigenvalue weighted by molar-refractivity contribution is 7.21. The van der Waals surface area contributed by atoms with Crippen LogP contribution in [0.1, 0.15) is 16.6 Å². The average molecular weight is 350 g/mol. The Labute approximate surface area is 142 Å². The molecule has 1 unspecified atom stereocenters. The van der Waals surface area contributed by atoms with Crippen LogP contribution in [0.25, 0.3) is 10.1 Å². The second kappa shape index (κ2) is 7.31.